The van der Waals surface area contributed by atoms with Crippen molar-refractivity contribution in [3.05, 3.63) is 99.8 Å². The molecule has 0 saturated heterocycles. The number of halogens is 3. The van der Waals surface area contributed by atoms with Crippen LogP contribution >= 0.6 is 23.2 Å². The van der Waals surface area contributed by atoms with E-state index in [-0.39, 0.29) is 5.57 Å². The highest BCUT2D eigenvalue weighted by atomic mass is 35.5. The Hall–Kier alpha value is -3.15. The van der Waals surface area contributed by atoms with E-state index in [1.54, 1.807) is 54.6 Å². The molecule has 0 aliphatic heterocycles. The van der Waals surface area contributed by atoms with Crippen LogP contribution in [-0.2, 0) is 9.59 Å². The van der Waals surface area contributed by atoms with Gasteiger partial charge in [-0.2, -0.15) is 0 Å². The smallest absolute Gasteiger partial charge is 0.261 e. The Bertz CT molecular complexity index is 1040. The van der Waals surface area contributed by atoms with Crippen molar-refractivity contribution in [1.29, 1.82) is 0 Å². The lowest BCUT2D eigenvalue weighted by molar-refractivity contribution is -0.118. The third-order valence-electron chi connectivity index (χ3n) is 3.89. The maximum Gasteiger partial charge on any atom is 0.261 e. The number of nitrogens with one attached hydrogen (secondary N) is 2. The second-order valence-corrected chi connectivity index (χ2v) is 6.80. The maximum absolute atomic E-state index is 13.6. The van der Waals surface area contributed by atoms with Crippen LogP contribution in [0.2, 0.25) is 10.0 Å². The van der Waals surface area contributed by atoms with Gasteiger partial charge in [0, 0.05) is 0 Å². The Kier molecular flexibility index (Phi) is 6.65. The highest BCUT2D eigenvalue weighted by Crippen LogP contribution is 2.24. The Morgan fingerprint density at radius 3 is 1.76 bits per heavy atom. The third kappa shape index (κ3) is 5.44. The molecule has 3 rings (SSSR count). The molecule has 0 aromatic heterocycles. The van der Waals surface area contributed by atoms with Crippen molar-refractivity contribution in [3.8, 4) is 0 Å². The molecule has 0 unspecified atom stereocenters. The Morgan fingerprint density at radius 2 is 1.28 bits per heavy atom. The standard InChI is InChI=1S/C22H15Cl2FN2O2/c23-17-8-1-3-10-19(17)26-21(28)16(13-14-6-5-7-15(25)12-14)22(29)27-20-11-4-2-9-18(20)24/h1-13H,(H,26,28)(H,27,29). The molecule has 4 nitrogen and oxygen atoms in total. The molecule has 3 aromatic rings. The van der Waals surface area contributed by atoms with E-state index in [1.165, 1.54) is 24.3 Å². The SMILES string of the molecule is O=C(Nc1ccccc1Cl)C(=Cc1cccc(F)c1)C(=O)Nc1ccccc1Cl. The Balaban J connectivity index is 1.95. The van der Waals surface area contributed by atoms with Crippen LogP contribution < -0.4 is 10.6 Å². The fraction of sp³-hybridized carbons (Fsp3) is 0. The van der Waals surface area contributed by atoms with E-state index in [0.29, 0.717) is 27.0 Å². The number of amides is 2. The topological polar surface area (TPSA) is 58.2 Å². The van der Waals surface area contributed by atoms with Gasteiger partial charge in [-0.05, 0) is 48.0 Å². The van der Waals surface area contributed by atoms with Gasteiger partial charge in [0.15, 0.2) is 0 Å². The van der Waals surface area contributed by atoms with Crippen molar-refractivity contribution < 1.29 is 14.0 Å². The number of hydrogen-bond donors (Lipinski definition) is 2. The number of hydrogen-bond acceptors (Lipinski definition) is 2. The minimum atomic E-state index is -0.702. The number of carbonyl (C=O) groups is 2. The molecule has 146 valence electrons. The Labute approximate surface area is 177 Å². The zero-order chi connectivity index (χ0) is 20.8. The average molecular weight is 429 g/mol. The van der Waals surface area contributed by atoms with Crippen LogP contribution in [0.4, 0.5) is 15.8 Å². The van der Waals surface area contributed by atoms with Crippen LogP contribution in [0, 0.1) is 5.82 Å². The average Bonchev–Trinajstić information content (AvgIpc) is 2.69. The predicted molar refractivity (Wildman–Crippen MR) is 115 cm³/mol. The highest BCUT2D eigenvalue weighted by Gasteiger charge is 2.20. The lowest BCUT2D eigenvalue weighted by Gasteiger charge is -2.12. The van der Waals surface area contributed by atoms with Crippen molar-refractivity contribution in [2.45, 2.75) is 0 Å². The van der Waals surface area contributed by atoms with Gasteiger partial charge in [-0.15, -0.1) is 0 Å². The number of carbonyl (C=O) groups excluding carboxylic acids is 2. The van der Waals surface area contributed by atoms with Crippen LogP contribution in [0.25, 0.3) is 6.08 Å². The number of para-hydroxylation sites is 2. The fourth-order valence-electron chi connectivity index (χ4n) is 2.50. The summed E-state index contributed by atoms with van der Waals surface area (Å²) in [6, 6.07) is 18.8. The lowest BCUT2D eigenvalue weighted by atomic mass is 10.1. The van der Waals surface area contributed by atoms with Crippen molar-refractivity contribution in [3.63, 3.8) is 0 Å². The molecular weight excluding hydrogens is 414 g/mol. The second kappa shape index (κ2) is 9.37. The summed E-state index contributed by atoms with van der Waals surface area (Å²) in [5.41, 5.74) is 0.795. The summed E-state index contributed by atoms with van der Waals surface area (Å²) < 4.78 is 13.6. The molecule has 0 aliphatic carbocycles. The van der Waals surface area contributed by atoms with Crippen molar-refractivity contribution in [2.24, 2.45) is 0 Å². The summed E-state index contributed by atoms with van der Waals surface area (Å²) >= 11 is 12.2. The number of rotatable bonds is 5. The van der Waals surface area contributed by atoms with Gasteiger partial charge in [-0.25, -0.2) is 4.39 Å². The third-order valence-corrected chi connectivity index (χ3v) is 4.55. The first kappa shape index (κ1) is 20.6. The van der Waals surface area contributed by atoms with Gasteiger partial charge in [0.25, 0.3) is 11.8 Å². The summed E-state index contributed by atoms with van der Waals surface area (Å²) in [6.07, 6.45) is 1.29. The number of anilines is 2. The van der Waals surface area contributed by atoms with Crippen LogP contribution in [0.15, 0.2) is 78.4 Å². The van der Waals surface area contributed by atoms with Gasteiger partial charge in [-0.3, -0.25) is 9.59 Å². The van der Waals surface area contributed by atoms with Gasteiger partial charge in [0.2, 0.25) is 0 Å². The normalized spacial score (nSPS) is 10.2. The second-order valence-electron chi connectivity index (χ2n) is 5.98. The lowest BCUT2D eigenvalue weighted by Crippen LogP contribution is -2.25. The molecule has 0 saturated carbocycles. The summed E-state index contributed by atoms with van der Waals surface area (Å²) in [7, 11) is 0. The van der Waals surface area contributed by atoms with E-state index < -0.39 is 17.6 Å². The number of benzene rings is 3. The molecule has 0 radical (unpaired) electrons. The molecule has 0 spiro atoms. The van der Waals surface area contributed by atoms with Gasteiger partial charge < -0.3 is 10.6 Å². The summed E-state index contributed by atoms with van der Waals surface area (Å²) in [5, 5.41) is 5.83. The quantitative estimate of drug-likeness (QED) is 0.306. The van der Waals surface area contributed by atoms with E-state index in [1.807, 2.05) is 0 Å². The van der Waals surface area contributed by atoms with Gasteiger partial charge in [-0.1, -0.05) is 59.6 Å². The van der Waals surface area contributed by atoms with Crippen molar-refractivity contribution >= 4 is 52.5 Å². The molecule has 0 atom stereocenters. The zero-order valence-corrected chi connectivity index (χ0v) is 16.5. The van der Waals surface area contributed by atoms with E-state index in [9.17, 15) is 14.0 Å². The molecule has 2 amide bonds. The van der Waals surface area contributed by atoms with Crippen LogP contribution in [0.3, 0.4) is 0 Å². The Morgan fingerprint density at radius 1 is 0.759 bits per heavy atom. The maximum atomic E-state index is 13.6. The molecule has 0 heterocycles. The zero-order valence-electron chi connectivity index (χ0n) is 15.0. The highest BCUT2D eigenvalue weighted by molar-refractivity contribution is 6.36. The van der Waals surface area contributed by atoms with E-state index in [2.05, 4.69) is 10.6 Å². The van der Waals surface area contributed by atoms with Crippen molar-refractivity contribution in [1.82, 2.24) is 0 Å². The predicted octanol–water partition coefficient (Wildman–Crippen LogP) is 5.79. The fourth-order valence-corrected chi connectivity index (χ4v) is 2.87. The summed E-state index contributed by atoms with van der Waals surface area (Å²) in [6.45, 7) is 0. The largest absolute Gasteiger partial charge is 0.320 e. The first-order chi connectivity index (χ1) is 13.9. The van der Waals surface area contributed by atoms with Gasteiger partial charge in [0.05, 0.1) is 21.4 Å². The van der Waals surface area contributed by atoms with Crippen LogP contribution in [0.1, 0.15) is 5.56 Å². The first-order valence-corrected chi connectivity index (χ1v) is 9.28. The molecule has 3 aromatic carbocycles. The molecule has 0 fully saturated rings. The van der Waals surface area contributed by atoms with Gasteiger partial charge >= 0.3 is 0 Å². The van der Waals surface area contributed by atoms with Crippen LogP contribution in [0.5, 0.6) is 0 Å². The van der Waals surface area contributed by atoms with Crippen LogP contribution in [-0.4, -0.2) is 11.8 Å². The molecule has 7 heteroatoms. The van der Waals surface area contributed by atoms with E-state index >= 15 is 0 Å². The monoisotopic (exact) mass is 428 g/mol. The minimum absolute atomic E-state index is 0.240. The van der Waals surface area contributed by atoms with E-state index in [4.69, 9.17) is 23.2 Å². The van der Waals surface area contributed by atoms with Crippen molar-refractivity contribution in [2.75, 3.05) is 10.6 Å². The van der Waals surface area contributed by atoms with E-state index in [0.717, 1.165) is 0 Å². The molecular formula is C22H15Cl2FN2O2. The molecule has 0 bridgehead atoms. The summed E-state index contributed by atoms with van der Waals surface area (Å²) in [5.74, 6) is -1.89. The molecule has 0 aliphatic rings. The van der Waals surface area contributed by atoms with Gasteiger partial charge in [0.1, 0.15) is 11.4 Å². The summed E-state index contributed by atoms with van der Waals surface area (Å²) in [4.78, 5) is 25.7. The first-order valence-electron chi connectivity index (χ1n) is 8.53. The molecule has 29 heavy (non-hydrogen) atoms. The molecule has 2 N–H and O–H groups in total. The minimum Gasteiger partial charge on any atom is -0.320 e.